The largest absolute Gasteiger partial charge is 0.492 e. The maximum Gasteiger partial charge on any atom is 0.306 e. The molecule has 0 unspecified atom stereocenters. The van der Waals surface area contributed by atoms with Crippen molar-refractivity contribution in [1.82, 2.24) is 5.32 Å². The van der Waals surface area contributed by atoms with Gasteiger partial charge in [-0.3, -0.25) is 9.59 Å². The number of hydrogen-bond acceptors (Lipinski definition) is 5. The van der Waals surface area contributed by atoms with Gasteiger partial charge in [-0.05, 0) is 61.0 Å². The van der Waals surface area contributed by atoms with Gasteiger partial charge in [-0.15, -0.1) is 0 Å². The number of nitrogens with one attached hydrogen (secondary N) is 1. The minimum absolute atomic E-state index is 0.0638. The molecule has 1 fully saturated rings. The SMILES string of the molecule is Cc1ccc(N=C2NC(=O)/C(=C\c3ccccc3OCCC(=O)O)S2)cc1C. The van der Waals surface area contributed by atoms with Gasteiger partial charge in [0.25, 0.3) is 5.91 Å². The molecule has 2 aromatic carbocycles. The third kappa shape index (κ3) is 5.01. The van der Waals surface area contributed by atoms with Crippen molar-refractivity contribution < 1.29 is 19.4 Å². The predicted octanol–water partition coefficient (Wildman–Crippen LogP) is 4.05. The maximum atomic E-state index is 12.3. The first-order valence-corrected chi connectivity index (χ1v) is 9.54. The van der Waals surface area contributed by atoms with Crippen LogP contribution >= 0.6 is 11.8 Å². The molecule has 3 rings (SSSR count). The second-order valence-electron chi connectivity index (χ2n) is 6.28. The van der Waals surface area contributed by atoms with Crippen LogP contribution in [0.5, 0.6) is 5.75 Å². The van der Waals surface area contributed by atoms with Gasteiger partial charge in [0.2, 0.25) is 0 Å². The molecule has 2 aromatic rings. The number of aliphatic imine (C=N–C) groups is 1. The van der Waals surface area contributed by atoms with Crippen LogP contribution in [0.4, 0.5) is 5.69 Å². The average Bonchev–Trinajstić information content (AvgIpc) is 2.98. The first-order valence-electron chi connectivity index (χ1n) is 8.73. The Bertz CT molecular complexity index is 982. The highest BCUT2D eigenvalue weighted by molar-refractivity contribution is 8.18. The van der Waals surface area contributed by atoms with Crippen LogP contribution < -0.4 is 10.1 Å². The Hall–Kier alpha value is -3.06. The van der Waals surface area contributed by atoms with Gasteiger partial charge in [-0.2, -0.15) is 0 Å². The van der Waals surface area contributed by atoms with Crippen molar-refractivity contribution in [1.29, 1.82) is 0 Å². The smallest absolute Gasteiger partial charge is 0.306 e. The van der Waals surface area contributed by atoms with Crippen molar-refractivity contribution in [2.24, 2.45) is 4.99 Å². The molecule has 1 heterocycles. The summed E-state index contributed by atoms with van der Waals surface area (Å²) in [6.07, 6.45) is 1.63. The molecule has 0 aliphatic carbocycles. The van der Waals surface area contributed by atoms with E-state index in [0.29, 0.717) is 21.4 Å². The average molecular weight is 396 g/mol. The van der Waals surface area contributed by atoms with Gasteiger partial charge in [-0.1, -0.05) is 24.3 Å². The van der Waals surface area contributed by atoms with E-state index >= 15 is 0 Å². The first kappa shape index (κ1) is 19.7. The highest BCUT2D eigenvalue weighted by atomic mass is 32.2. The maximum absolute atomic E-state index is 12.3. The Balaban J connectivity index is 1.78. The molecular weight excluding hydrogens is 376 g/mol. The van der Waals surface area contributed by atoms with E-state index < -0.39 is 5.97 Å². The number of thioether (sulfide) groups is 1. The Labute approximate surface area is 167 Å². The molecule has 6 nitrogen and oxygen atoms in total. The molecule has 0 bridgehead atoms. The number of para-hydroxylation sites is 1. The van der Waals surface area contributed by atoms with Gasteiger partial charge in [0.1, 0.15) is 5.75 Å². The fourth-order valence-electron chi connectivity index (χ4n) is 2.51. The molecule has 1 aliphatic rings. The van der Waals surface area contributed by atoms with Crippen LogP contribution in [0.25, 0.3) is 6.08 Å². The Morgan fingerprint density at radius 2 is 2.00 bits per heavy atom. The Morgan fingerprint density at radius 3 is 2.75 bits per heavy atom. The highest BCUT2D eigenvalue weighted by Gasteiger charge is 2.24. The van der Waals surface area contributed by atoms with Gasteiger partial charge < -0.3 is 15.2 Å². The van der Waals surface area contributed by atoms with Crippen molar-refractivity contribution in [2.75, 3.05) is 6.61 Å². The zero-order valence-corrected chi connectivity index (χ0v) is 16.4. The minimum Gasteiger partial charge on any atom is -0.492 e. The first-order chi connectivity index (χ1) is 13.4. The van der Waals surface area contributed by atoms with Crippen LogP contribution in [0, 0.1) is 13.8 Å². The molecule has 144 valence electrons. The van der Waals surface area contributed by atoms with E-state index in [4.69, 9.17) is 9.84 Å². The van der Waals surface area contributed by atoms with E-state index in [9.17, 15) is 9.59 Å². The van der Waals surface area contributed by atoms with E-state index in [2.05, 4.69) is 10.3 Å². The van der Waals surface area contributed by atoms with Crippen molar-refractivity contribution in [2.45, 2.75) is 20.3 Å². The number of nitrogens with zero attached hydrogens (tertiary/aromatic N) is 1. The number of carboxylic acids is 1. The second kappa shape index (κ2) is 8.75. The summed E-state index contributed by atoms with van der Waals surface area (Å²) in [7, 11) is 0. The zero-order chi connectivity index (χ0) is 20.1. The summed E-state index contributed by atoms with van der Waals surface area (Å²) < 4.78 is 5.54. The lowest BCUT2D eigenvalue weighted by Gasteiger charge is -2.08. The van der Waals surface area contributed by atoms with E-state index in [0.717, 1.165) is 11.3 Å². The van der Waals surface area contributed by atoms with Crippen molar-refractivity contribution in [3.05, 3.63) is 64.1 Å². The van der Waals surface area contributed by atoms with Crippen LogP contribution in [0.1, 0.15) is 23.1 Å². The Kier molecular flexibility index (Phi) is 6.16. The summed E-state index contributed by atoms with van der Waals surface area (Å²) in [6.45, 7) is 4.12. The molecule has 1 amide bonds. The molecule has 0 aromatic heterocycles. The molecule has 0 radical (unpaired) electrons. The van der Waals surface area contributed by atoms with Crippen LogP contribution in [0.3, 0.4) is 0 Å². The lowest BCUT2D eigenvalue weighted by Crippen LogP contribution is -2.19. The van der Waals surface area contributed by atoms with Gasteiger partial charge in [0.05, 0.1) is 23.6 Å². The fraction of sp³-hybridized carbons (Fsp3) is 0.190. The lowest BCUT2D eigenvalue weighted by molar-refractivity contribution is -0.137. The molecule has 0 atom stereocenters. The molecule has 28 heavy (non-hydrogen) atoms. The van der Waals surface area contributed by atoms with Gasteiger partial charge >= 0.3 is 5.97 Å². The highest BCUT2D eigenvalue weighted by Crippen LogP contribution is 2.31. The van der Waals surface area contributed by atoms with Crippen LogP contribution in [-0.4, -0.2) is 28.8 Å². The second-order valence-corrected chi connectivity index (χ2v) is 7.31. The molecule has 7 heteroatoms. The standard InChI is InChI=1S/C21H20N2O4S/c1-13-7-8-16(11-14(13)2)22-21-23-20(26)18(28-21)12-15-5-3-4-6-17(15)27-10-9-19(24)25/h3-8,11-12H,9-10H2,1-2H3,(H,24,25)(H,22,23,26)/b18-12+. The number of benzene rings is 2. The molecule has 1 aliphatic heterocycles. The van der Waals surface area contributed by atoms with E-state index in [1.807, 2.05) is 44.2 Å². The third-order valence-electron chi connectivity index (χ3n) is 4.15. The number of amidine groups is 1. The molecule has 0 spiro atoms. The quantitative estimate of drug-likeness (QED) is 0.719. The molecule has 1 saturated heterocycles. The van der Waals surface area contributed by atoms with Crippen LogP contribution in [0.15, 0.2) is 52.4 Å². The molecule has 0 saturated carbocycles. The van der Waals surface area contributed by atoms with Gasteiger partial charge in [0.15, 0.2) is 5.17 Å². The summed E-state index contributed by atoms with van der Waals surface area (Å²) in [4.78, 5) is 28.0. The molecule has 2 N–H and O–H groups in total. The van der Waals surface area contributed by atoms with Gasteiger partial charge in [-0.25, -0.2) is 4.99 Å². The monoisotopic (exact) mass is 396 g/mol. The summed E-state index contributed by atoms with van der Waals surface area (Å²) in [5.41, 5.74) is 3.81. The number of carbonyl (C=O) groups excluding carboxylic acids is 1. The number of amides is 1. The number of rotatable bonds is 6. The number of ether oxygens (including phenoxy) is 1. The van der Waals surface area contributed by atoms with E-state index in [1.165, 1.54) is 17.3 Å². The number of carbonyl (C=O) groups is 2. The van der Waals surface area contributed by atoms with Crippen molar-refractivity contribution >= 4 is 40.6 Å². The van der Waals surface area contributed by atoms with Crippen LogP contribution in [0.2, 0.25) is 0 Å². The summed E-state index contributed by atoms with van der Waals surface area (Å²) in [5.74, 6) is -0.620. The number of carboxylic acid groups (broad SMARTS) is 1. The summed E-state index contributed by atoms with van der Waals surface area (Å²) in [6, 6.07) is 13.1. The Morgan fingerprint density at radius 1 is 1.21 bits per heavy atom. The topological polar surface area (TPSA) is 88.0 Å². The number of aliphatic carboxylic acids is 1. The lowest BCUT2D eigenvalue weighted by atomic mass is 10.1. The minimum atomic E-state index is -0.922. The third-order valence-corrected chi connectivity index (χ3v) is 5.06. The summed E-state index contributed by atoms with van der Waals surface area (Å²) >= 11 is 1.26. The predicted molar refractivity (Wildman–Crippen MR) is 111 cm³/mol. The van der Waals surface area contributed by atoms with Crippen molar-refractivity contribution in [3.8, 4) is 5.75 Å². The molecular formula is C21H20N2O4S. The zero-order valence-electron chi connectivity index (χ0n) is 15.6. The van der Waals surface area contributed by atoms with Crippen LogP contribution in [-0.2, 0) is 9.59 Å². The number of hydrogen-bond donors (Lipinski definition) is 2. The van der Waals surface area contributed by atoms with E-state index in [1.54, 1.807) is 18.2 Å². The summed E-state index contributed by atoms with van der Waals surface area (Å²) in [5, 5.41) is 12.0. The van der Waals surface area contributed by atoms with E-state index in [-0.39, 0.29) is 18.9 Å². The van der Waals surface area contributed by atoms with Gasteiger partial charge in [0, 0.05) is 5.56 Å². The fourth-order valence-corrected chi connectivity index (χ4v) is 3.35. The van der Waals surface area contributed by atoms with Crippen molar-refractivity contribution in [3.63, 3.8) is 0 Å². The number of aryl methyl sites for hydroxylation is 2. The normalized spacial score (nSPS) is 16.4.